The molecule has 1 aromatic heterocycles. The maximum atomic E-state index is 9.93. The number of aromatic nitrogens is 1. The van der Waals surface area contributed by atoms with E-state index in [1.807, 2.05) is 43.5 Å². The van der Waals surface area contributed by atoms with Crippen molar-refractivity contribution in [3.8, 4) is 0 Å². The standard InChI is InChI=1S/C15H20N2O2/c1-11-9-12(4-5-13(11)16)15(10-19,6-8-18)14-3-2-7-17-14/h2-5,7,9,17-19H,6,8,10,16H2,1H3. The van der Waals surface area contributed by atoms with E-state index in [9.17, 15) is 10.2 Å². The number of rotatable bonds is 5. The molecule has 102 valence electrons. The molecule has 4 nitrogen and oxygen atoms in total. The lowest BCUT2D eigenvalue weighted by atomic mass is 9.75. The van der Waals surface area contributed by atoms with E-state index in [2.05, 4.69) is 4.98 Å². The van der Waals surface area contributed by atoms with Crippen LogP contribution >= 0.6 is 0 Å². The van der Waals surface area contributed by atoms with Crippen LogP contribution in [-0.2, 0) is 5.41 Å². The summed E-state index contributed by atoms with van der Waals surface area (Å²) in [6.07, 6.45) is 2.27. The van der Waals surface area contributed by atoms with Crippen LogP contribution in [0.1, 0.15) is 23.2 Å². The topological polar surface area (TPSA) is 82.3 Å². The third-order valence-corrected chi connectivity index (χ3v) is 3.74. The number of aromatic amines is 1. The Morgan fingerprint density at radius 3 is 2.58 bits per heavy atom. The molecule has 0 aliphatic carbocycles. The first-order valence-corrected chi connectivity index (χ1v) is 6.36. The fourth-order valence-electron chi connectivity index (χ4n) is 2.48. The number of nitrogens with one attached hydrogen (secondary N) is 1. The van der Waals surface area contributed by atoms with Gasteiger partial charge in [0.15, 0.2) is 0 Å². The molecule has 2 rings (SSSR count). The summed E-state index contributed by atoms with van der Waals surface area (Å²) in [5.74, 6) is 0. The zero-order chi connectivity index (χ0) is 13.9. The van der Waals surface area contributed by atoms with Gasteiger partial charge in [-0.15, -0.1) is 0 Å². The number of aryl methyl sites for hydroxylation is 1. The Morgan fingerprint density at radius 2 is 2.05 bits per heavy atom. The number of anilines is 1. The van der Waals surface area contributed by atoms with Crippen LogP contribution in [0.25, 0.3) is 0 Å². The van der Waals surface area contributed by atoms with Crippen LogP contribution in [0, 0.1) is 6.92 Å². The van der Waals surface area contributed by atoms with Crippen molar-refractivity contribution in [2.75, 3.05) is 18.9 Å². The molecule has 1 unspecified atom stereocenters. The quantitative estimate of drug-likeness (QED) is 0.616. The highest BCUT2D eigenvalue weighted by molar-refractivity contribution is 5.51. The fraction of sp³-hybridized carbons (Fsp3) is 0.333. The van der Waals surface area contributed by atoms with E-state index >= 15 is 0 Å². The summed E-state index contributed by atoms with van der Waals surface area (Å²) in [6.45, 7) is 1.87. The predicted octanol–water partition coefficient (Wildman–Crippen LogP) is 1.57. The molecule has 0 saturated carbocycles. The van der Waals surface area contributed by atoms with Crippen molar-refractivity contribution in [1.82, 2.24) is 4.98 Å². The normalized spacial score (nSPS) is 14.3. The van der Waals surface area contributed by atoms with Gasteiger partial charge in [0.2, 0.25) is 0 Å². The Labute approximate surface area is 112 Å². The highest BCUT2D eigenvalue weighted by atomic mass is 16.3. The molecule has 0 spiro atoms. The number of aliphatic hydroxyl groups excluding tert-OH is 2. The van der Waals surface area contributed by atoms with Crippen LogP contribution in [0.15, 0.2) is 36.5 Å². The van der Waals surface area contributed by atoms with Gasteiger partial charge in [-0.2, -0.15) is 0 Å². The van der Waals surface area contributed by atoms with E-state index in [0.717, 1.165) is 22.5 Å². The van der Waals surface area contributed by atoms with Crippen molar-refractivity contribution in [2.45, 2.75) is 18.8 Å². The molecule has 4 heteroatoms. The van der Waals surface area contributed by atoms with Crippen molar-refractivity contribution in [3.05, 3.63) is 53.3 Å². The van der Waals surface area contributed by atoms with Crippen LogP contribution < -0.4 is 5.73 Å². The Morgan fingerprint density at radius 1 is 1.26 bits per heavy atom. The average molecular weight is 260 g/mol. The first kappa shape index (κ1) is 13.6. The lowest BCUT2D eigenvalue weighted by Gasteiger charge is -2.31. The Hall–Kier alpha value is -1.78. The van der Waals surface area contributed by atoms with Gasteiger partial charge in [-0.1, -0.05) is 12.1 Å². The second kappa shape index (κ2) is 5.47. The minimum atomic E-state index is -0.614. The fourth-order valence-corrected chi connectivity index (χ4v) is 2.48. The van der Waals surface area contributed by atoms with Crippen LogP contribution in [-0.4, -0.2) is 28.4 Å². The molecule has 0 saturated heterocycles. The van der Waals surface area contributed by atoms with E-state index in [4.69, 9.17) is 5.73 Å². The third-order valence-electron chi connectivity index (χ3n) is 3.74. The summed E-state index contributed by atoms with van der Waals surface area (Å²) in [4.78, 5) is 3.14. The van der Waals surface area contributed by atoms with E-state index < -0.39 is 5.41 Å². The van der Waals surface area contributed by atoms with Gasteiger partial charge in [0.25, 0.3) is 0 Å². The van der Waals surface area contributed by atoms with Crippen molar-refractivity contribution < 1.29 is 10.2 Å². The van der Waals surface area contributed by atoms with E-state index in [-0.39, 0.29) is 13.2 Å². The summed E-state index contributed by atoms with van der Waals surface area (Å²) < 4.78 is 0. The number of benzene rings is 1. The number of hydrogen-bond donors (Lipinski definition) is 4. The summed E-state index contributed by atoms with van der Waals surface area (Å²) in [6, 6.07) is 9.55. The van der Waals surface area contributed by atoms with Crippen LogP contribution in [0.3, 0.4) is 0 Å². The van der Waals surface area contributed by atoms with Crippen LogP contribution in [0.4, 0.5) is 5.69 Å². The Balaban J connectivity index is 2.56. The molecule has 0 radical (unpaired) electrons. The van der Waals surface area contributed by atoms with Gasteiger partial charge >= 0.3 is 0 Å². The van der Waals surface area contributed by atoms with Gasteiger partial charge in [-0.25, -0.2) is 0 Å². The molecule has 0 amide bonds. The lowest BCUT2D eigenvalue weighted by Crippen LogP contribution is -2.34. The zero-order valence-corrected chi connectivity index (χ0v) is 11.1. The molecule has 0 fully saturated rings. The zero-order valence-electron chi connectivity index (χ0n) is 11.1. The molecule has 1 atom stereocenters. The molecular formula is C15H20N2O2. The van der Waals surface area contributed by atoms with Crippen molar-refractivity contribution in [3.63, 3.8) is 0 Å². The van der Waals surface area contributed by atoms with Crippen LogP contribution in [0.5, 0.6) is 0 Å². The summed E-state index contributed by atoms with van der Waals surface area (Å²) in [5, 5.41) is 19.3. The van der Waals surface area contributed by atoms with Crippen molar-refractivity contribution in [1.29, 1.82) is 0 Å². The maximum Gasteiger partial charge on any atom is 0.0605 e. The minimum absolute atomic E-state index is 0.00298. The number of aliphatic hydroxyl groups is 2. The molecule has 5 N–H and O–H groups in total. The van der Waals surface area contributed by atoms with E-state index in [0.29, 0.717) is 6.42 Å². The number of H-pyrrole nitrogens is 1. The van der Waals surface area contributed by atoms with E-state index in [1.165, 1.54) is 0 Å². The molecular weight excluding hydrogens is 240 g/mol. The molecule has 0 aliphatic heterocycles. The summed E-state index contributed by atoms with van der Waals surface area (Å²) >= 11 is 0. The van der Waals surface area contributed by atoms with Gasteiger partial charge in [0.05, 0.1) is 12.0 Å². The van der Waals surface area contributed by atoms with E-state index in [1.54, 1.807) is 0 Å². The first-order chi connectivity index (χ1) is 9.14. The Bertz CT molecular complexity index is 537. The maximum absolute atomic E-state index is 9.93. The number of hydrogen-bond acceptors (Lipinski definition) is 3. The highest BCUT2D eigenvalue weighted by Gasteiger charge is 2.34. The second-order valence-corrected chi connectivity index (χ2v) is 4.87. The first-order valence-electron chi connectivity index (χ1n) is 6.36. The smallest absolute Gasteiger partial charge is 0.0605 e. The number of nitrogen functional groups attached to an aromatic ring is 1. The molecule has 0 bridgehead atoms. The summed E-state index contributed by atoms with van der Waals surface area (Å²) in [5.41, 5.74) is 8.79. The van der Waals surface area contributed by atoms with Gasteiger partial charge in [-0.3, -0.25) is 0 Å². The van der Waals surface area contributed by atoms with Crippen molar-refractivity contribution in [2.24, 2.45) is 0 Å². The molecule has 19 heavy (non-hydrogen) atoms. The van der Waals surface area contributed by atoms with Gasteiger partial charge in [-0.05, 0) is 42.7 Å². The molecule has 1 aromatic carbocycles. The second-order valence-electron chi connectivity index (χ2n) is 4.87. The van der Waals surface area contributed by atoms with Crippen molar-refractivity contribution >= 4 is 5.69 Å². The number of nitrogens with two attached hydrogens (primary N) is 1. The van der Waals surface area contributed by atoms with Crippen LogP contribution in [0.2, 0.25) is 0 Å². The SMILES string of the molecule is Cc1cc(C(CO)(CCO)c2ccc[nH]2)ccc1N. The average Bonchev–Trinajstić information content (AvgIpc) is 2.94. The van der Waals surface area contributed by atoms with Gasteiger partial charge < -0.3 is 20.9 Å². The highest BCUT2D eigenvalue weighted by Crippen LogP contribution is 2.35. The minimum Gasteiger partial charge on any atom is -0.399 e. The molecule has 2 aromatic rings. The monoisotopic (exact) mass is 260 g/mol. The molecule has 0 aliphatic rings. The predicted molar refractivity (Wildman–Crippen MR) is 76.0 cm³/mol. The van der Waals surface area contributed by atoms with Gasteiger partial charge in [0.1, 0.15) is 0 Å². The Kier molecular flexibility index (Phi) is 3.93. The molecule has 1 heterocycles. The summed E-state index contributed by atoms with van der Waals surface area (Å²) in [7, 11) is 0. The lowest BCUT2D eigenvalue weighted by molar-refractivity contribution is 0.174. The largest absolute Gasteiger partial charge is 0.399 e. The van der Waals surface area contributed by atoms with Gasteiger partial charge in [0, 0.05) is 24.2 Å². The third kappa shape index (κ3) is 2.37.